The lowest BCUT2D eigenvalue weighted by molar-refractivity contribution is 0.0546. The van der Waals surface area contributed by atoms with Crippen LogP contribution in [0.4, 0.5) is 10.2 Å². The highest BCUT2D eigenvalue weighted by molar-refractivity contribution is 5.98. The zero-order valence-corrected chi connectivity index (χ0v) is 11.6. The molecule has 5 nitrogen and oxygen atoms in total. The van der Waals surface area contributed by atoms with Crippen molar-refractivity contribution in [3.63, 3.8) is 0 Å². The number of carbonyl (C=O) groups is 1. The van der Waals surface area contributed by atoms with E-state index < -0.39 is 5.82 Å². The van der Waals surface area contributed by atoms with Gasteiger partial charge in [0.2, 0.25) is 0 Å². The van der Waals surface area contributed by atoms with Crippen molar-refractivity contribution < 1.29 is 14.3 Å². The molecule has 20 heavy (non-hydrogen) atoms. The molecule has 2 N–H and O–H groups in total. The molecule has 1 fully saturated rings. The Hall–Kier alpha value is -1.69. The summed E-state index contributed by atoms with van der Waals surface area (Å²) in [5, 5.41) is 12.5. The second-order valence-electron chi connectivity index (χ2n) is 5.00. The van der Waals surface area contributed by atoms with Crippen LogP contribution in [0.3, 0.4) is 0 Å². The molecule has 6 heteroatoms. The largest absolute Gasteiger partial charge is 0.393 e. The standard InChI is InChI=1S/C14H20FN3O2/c1-2-5-16-13-12(8-10(15)9-17-13)14(20)18-6-3-11(19)4-7-18/h8-9,11,19H,2-7H2,1H3,(H,16,17). The second-order valence-corrected chi connectivity index (χ2v) is 5.00. The highest BCUT2D eigenvalue weighted by atomic mass is 19.1. The Morgan fingerprint density at radius 3 is 2.90 bits per heavy atom. The Morgan fingerprint density at radius 1 is 1.55 bits per heavy atom. The minimum Gasteiger partial charge on any atom is -0.393 e. The predicted molar refractivity (Wildman–Crippen MR) is 74.1 cm³/mol. The number of anilines is 1. The number of pyridine rings is 1. The van der Waals surface area contributed by atoms with Crippen LogP contribution in [0, 0.1) is 5.82 Å². The van der Waals surface area contributed by atoms with E-state index in [-0.39, 0.29) is 17.6 Å². The number of nitrogens with zero attached hydrogens (tertiary/aromatic N) is 2. The number of aromatic nitrogens is 1. The predicted octanol–water partition coefficient (Wildman–Crippen LogP) is 1.64. The van der Waals surface area contributed by atoms with Gasteiger partial charge in [-0.1, -0.05) is 6.92 Å². The van der Waals surface area contributed by atoms with Gasteiger partial charge in [-0.25, -0.2) is 9.37 Å². The molecule has 1 amide bonds. The van der Waals surface area contributed by atoms with Gasteiger partial charge >= 0.3 is 0 Å². The molecule has 2 heterocycles. The smallest absolute Gasteiger partial charge is 0.257 e. The molecule has 0 spiro atoms. The summed E-state index contributed by atoms with van der Waals surface area (Å²) in [5.41, 5.74) is 0.259. The third-order valence-corrected chi connectivity index (χ3v) is 3.38. The molecule has 0 aromatic carbocycles. The lowest BCUT2D eigenvalue weighted by Gasteiger charge is -2.30. The van der Waals surface area contributed by atoms with Crippen molar-refractivity contribution in [3.05, 3.63) is 23.6 Å². The van der Waals surface area contributed by atoms with Crippen LogP contribution < -0.4 is 5.32 Å². The van der Waals surface area contributed by atoms with Crippen LogP contribution in [0.25, 0.3) is 0 Å². The maximum Gasteiger partial charge on any atom is 0.257 e. The molecule has 0 bridgehead atoms. The average Bonchev–Trinajstić information content (AvgIpc) is 2.46. The number of aliphatic hydroxyl groups excluding tert-OH is 1. The number of nitrogens with one attached hydrogen (secondary N) is 1. The topological polar surface area (TPSA) is 65.5 Å². The van der Waals surface area contributed by atoms with Gasteiger partial charge in [0.1, 0.15) is 11.6 Å². The molecule has 0 radical (unpaired) electrons. The van der Waals surface area contributed by atoms with Crippen molar-refractivity contribution in [2.24, 2.45) is 0 Å². The molecule has 1 aromatic heterocycles. The van der Waals surface area contributed by atoms with Crippen molar-refractivity contribution in [1.82, 2.24) is 9.88 Å². The van der Waals surface area contributed by atoms with E-state index in [0.29, 0.717) is 38.3 Å². The first-order chi connectivity index (χ1) is 9.61. The molecule has 1 saturated heterocycles. The first kappa shape index (κ1) is 14.7. The molecular weight excluding hydrogens is 261 g/mol. The summed E-state index contributed by atoms with van der Waals surface area (Å²) in [6.07, 6.45) is 2.78. The normalized spacial score (nSPS) is 16.2. The van der Waals surface area contributed by atoms with Crippen molar-refractivity contribution >= 4 is 11.7 Å². The monoisotopic (exact) mass is 281 g/mol. The van der Waals surface area contributed by atoms with E-state index in [1.807, 2.05) is 6.92 Å². The molecular formula is C14H20FN3O2. The lowest BCUT2D eigenvalue weighted by atomic mass is 10.1. The number of hydrogen-bond donors (Lipinski definition) is 2. The van der Waals surface area contributed by atoms with E-state index in [0.717, 1.165) is 12.6 Å². The van der Waals surface area contributed by atoms with Crippen LogP contribution in [0.5, 0.6) is 0 Å². The van der Waals surface area contributed by atoms with Crippen molar-refractivity contribution in [3.8, 4) is 0 Å². The van der Waals surface area contributed by atoms with Gasteiger partial charge in [-0.05, 0) is 25.3 Å². The zero-order valence-electron chi connectivity index (χ0n) is 11.6. The second kappa shape index (κ2) is 6.65. The van der Waals surface area contributed by atoms with Gasteiger partial charge in [0.25, 0.3) is 5.91 Å². The highest BCUT2D eigenvalue weighted by Crippen LogP contribution is 2.19. The van der Waals surface area contributed by atoms with Crippen molar-refractivity contribution in [2.75, 3.05) is 25.0 Å². The Balaban J connectivity index is 2.17. The minimum atomic E-state index is -0.521. The number of aliphatic hydroxyl groups is 1. The number of amides is 1. The first-order valence-electron chi connectivity index (χ1n) is 6.98. The maximum atomic E-state index is 13.4. The first-order valence-corrected chi connectivity index (χ1v) is 6.98. The quantitative estimate of drug-likeness (QED) is 0.880. The summed E-state index contributed by atoms with van der Waals surface area (Å²) < 4.78 is 13.4. The van der Waals surface area contributed by atoms with Crippen LogP contribution in [0.15, 0.2) is 12.3 Å². The minimum absolute atomic E-state index is 0.234. The fourth-order valence-corrected chi connectivity index (χ4v) is 2.23. The summed E-state index contributed by atoms with van der Waals surface area (Å²) in [7, 11) is 0. The third-order valence-electron chi connectivity index (χ3n) is 3.38. The van der Waals surface area contributed by atoms with Crippen molar-refractivity contribution in [2.45, 2.75) is 32.3 Å². The van der Waals surface area contributed by atoms with Gasteiger partial charge in [0.05, 0.1) is 17.9 Å². The van der Waals surface area contributed by atoms with Crippen LogP contribution in [-0.4, -0.2) is 46.6 Å². The van der Waals surface area contributed by atoms with Crippen molar-refractivity contribution in [1.29, 1.82) is 0 Å². The Kier molecular flexibility index (Phi) is 4.89. The molecule has 1 aliphatic heterocycles. The van der Waals surface area contributed by atoms with Crippen LogP contribution in [-0.2, 0) is 0 Å². The molecule has 1 aliphatic rings. The van der Waals surface area contributed by atoms with E-state index in [1.54, 1.807) is 4.90 Å². The Morgan fingerprint density at radius 2 is 2.25 bits per heavy atom. The average molecular weight is 281 g/mol. The number of likely N-dealkylation sites (tertiary alicyclic amines) is 1. The van der Waals surface area contributed by atoms with Crippen LogP contribution >= 0.6 is 0 Å². The molecule has 0 unspecified atom stereocenters. The highest BCUT2D eigenvalue weighted by Gasteiger charge is 2.24. The number of piperidine rings is 1. The maximum absolute atomic E-state index is 13.4. The molecule has 0 aliphatic carbocycles. The summed E-state index contributed by atoms with van der Waals surface area (Å²) in [6.45, 7) is 3.66. The summed E-state index contributed by atoms with van der Waals surface area (Å²) >= 11 is 0. The molecule has 2 rings (SSSR count). The lowest BCUT2D eigenvalue weighted by Crippen LogP contribution is -2.40. The van der Waals surface area contributed by atoms with Crippen LogP contribution in [0.2, 0.25) is 0 Å². The van der Waals surface area contributed by atoms with Gasteiger partial charge in [-0.15, -0.1) is 0 Å². The van der Waals surface area contributed by atoms with Crippen LogP contribution in [0.1, 0.15) is 36.5 Å². The number of rotatable bonds is 4. The third kappa shape index (κ3) is 3.45. The SMILES string of the molecule is CCCNc1ncc(F)cc1C(=O)N1CCC(O)CC1. The molecule has 110 valence electrons. The summed E-state index contributed by atoms with van der Waals surface area (Å²) in [5.74, 6) is -0.334. The Bertz CT molecular complexity index is 473. The van der Waals surface area contributed by atoms with Gasteiger partial charge in [0.15, 0.2) is 0 Å². The molecule has 1 aromatic rings. The fraction of sp³-hybridized carbons (Fsp3) is 0.571. The molecule has 0 saturated carbocycles. The van der Waals surface area contributed by atoms with Gasteiger partial charge in [0, 0.05) is 19.6 Å². The number of halogens is 1. The van der Waals surface area contributed by atoms with E-state index in [4.69, 9.17) is 0 Å². The van der Waals surface area contributed by atoms with Gasteiger partial charge in [-0.2, -0.15) is 0 Å². The fourth-order valence-electron chi connectivity index (χ4n) is 2.23. The zero-order chi connectivity index (χ0) is 14.5. The number of carbonyl (C=O) groups excluding carboxylic acids is 1. The summed E-state index contributed by atoms with van der Waals surface area (Å²) in [4.78, 5) is 18.0. The summed E-state index contributed by atoms with van der Waals surface area (Å²) in [6, 6.07) is 1.22. The Labute approximate surface area is 117 Å². The van der Waals surface area contributed by atoms with Gasteiger partial charge in [-0.3, -0.25) is 4.79 Å². The van der Waals surface area contributed by atoms with E-state index in [9.17, 15) is 14.3 Å². The van der Waals surface area contributed by atoms with E-state index in [1.165, 1.54) is 6.07 Å². The van der Waals surface area contributed by atoms with E-state index in [2.05, 4.69) is 10.3 Å². The van der Waals surface area contributed by atoms with E-state index >= 15 is 0 Å². The number of hydrogen-bond acceptors (Lipinski definition) is 4. The van der Waals surface area contributed by atoms with Gasteiger partial charge < -0.3 is 15.3 Å². The molecule has 0 atom stereocenters.